The first kappa shape index (κ1) is 17.8. The highest BCUT2D eigenvalue weighted by molar-refractivity contribution is 7.18. The van der Waals surface area contributed by atoms with Gasteiger partial charge in [-0.15, -0.1) is 22.7 Å². The lowest BCUT2D eigenvalue weighted by Gasteiger charge is -2.31. The molecule has 0 unspecified atom stereocenters. The Morgan fingerprint density at radius 3 is 2.46 bits per heavy atom. The summed E-state index contributed by atoms with van der Waals surface area (Å²) in [5, 5.41) is 2.22. The number of likely N-dealkylation sites (tertiary alicyclic amines) is 1. The molecule has 0 spiro atoms. The van der Waals surface area contributed by atoms with Gasteiger partial charge in [0.2, 0.25) is 5.91 Å². The first-order valence-corrected chi connectivity index (χ1v) is 11.4. The highest BCUT2D eigenvalue weighted by Gasteiger charge is 2.26. The monoisotopic (exact) mass is 407 g/mol. The van der Waals surface area contributed by atoms with Crippen LogP contribution < -0.4 is 0 Å². The van der Waals surface area contributed by atoms with Crippen molar-refractivity contribution < 1.29 is 4.79 Å². The molecule has 2 aromatic carbocycles. The molecule has 142 valence electrons. The molecule has 0 radical (unpaired) electrons. The Morgan fingerprint density at radius 1 is 1.00 bits per heavy atom. The lowest BCUT2D eigenvalue weighted by atomic mass is 9.98. The number of nitrogens with zero attached hydrogens (tertiary/aromatic N) is 3. The molecule has 0 bridgehead atoms. The zero-order valence-electron chi connectivity index (χ0n) is 15.5. The van der Waals surface area contributed by atoms with Crippen molar-refractivity contribution in [3.05, 3.63) is 58.5 Å². The maximum Gasteiger partial charge on any atom is 0.223 e. The Bertz CT molecular complexity index is 1070. The second kappa shape index (κ2) is 7.60. The topological polar surface area (TPSA) is 46.1 Å². The zero-order valence-corrected chi connectivity index (χ0v) is 17.1. The van der Waals surface area contributed by atoms with E-state index in [9.17, 15) is 4.79 Å². The summed E-state index contributed by atoms with van der Waals surface area (Å²) in [5.74, 6) is 0.600. The Hall–Kier alpha value is -2.31. The van der Waals surface area contributed by atoms with Gasteiger partial charge >= 0.3 is 0 Å². The van der Waals surface area contributed by atoms with E-state index in [4.69, 9.17) is 4.98 Å². The molecule has 1 fully saturated rings. The molecule has 0 N–H and O–H groups in total. The van der Waals surface area contributed by atoms with E-state index in [0.29, 0.717) is 12.3 Å². The van der Waals surface area contributed by atoms with Crippen LogP contribution in [0.3, 0.4) is 0 Å². The van der Waals surface area contributed by atoms with Gasteiger partial charge in [-0.1, -0.05) is 24.3 Å². The van der Waals surface area contributed by atoms with Crippen LogP contribution >= 0.6 is 22.7 Å². The average Bonchev–Trinajstić information content (AvgIpc) is 3.35. The van der Waals surface area contributed by atoms with Crippen molar-refractivity contribution in [3.63, 3.8) is 0 Å². The summed E-state index contributed by atoms with van der Waals surface area (Å²) < 4.78 is 2.43. The van der Waals surface area contributed by atoms with Crippen LogP contribution in [0.1, 0.15) is 35.2 Å². The summed E-state index contributed by atoms with van der Waals surface area (Å²) in [6, 6.07) is 16.4. The van der Waals surface area contributed by atoms with Crippen LogP contribution in [-0.2, 0) is 11.2 Å². The second-order valence-electron chi connectivity index (χ2n) is 7.27. The van der Waals surface area contributed by atoms with E-state index < -0.39 is 0 Å². The summed E-state index contributed by atoms with van der Waals surface area (Å²) in [5.41, 5.74) is 2.10. The van der Waals surface area contributed by atoms with Crippen LogP contribution in [0, 0.1) is 0 Å². The van der Waals surface area contributed by atoms with Crippen molar-refractivity contribution in [1.82, 2.24) is 14.9 Å². The van der Waals surface area contributed by atoms with Crippen LogP contribution in [0.5, 0.6) is 0 Å². The molecule has 1 aliphatic rings. The Morgan fingerprint density at radius 2 is 1.71 bits per heavy atom. The van der Waals surface area contributed by atoms with Crippen molar-refractivity contribution in [3.8, 4) is 0 Å². The molecule has 4 nitrogen and oxygen atoms in total. The molecule has 4 aromatic rings. The molecule has 1 atom stereocenters. The largest absolute Gasteiger partial charge is 0.342 e. The number of hydrogen-bond donors (Lipinski definition) is 0. The van der Waals surface area contributed by atoms with Crippen molar-refractivity contribution in [2.45, 2.75) is 31.6 Å². The van der Waals surface area contributed by atoms with E-state index in [1.807, 2.05) is 29.2 Å². The molecule has 0 saturated carbocycles. The van der Waals surface area contributed by atoms with E-state index in [1.165, 1.54) is 14.4 Å². The van der Waals surface area contributed by atoms with Crippen molar-refractivity contribution in [1.29, 1.82) is 0 Å². The third kappa shape index (κ3) is 3.54. The molecular weight excluding hydrogens is 386 g/mol. The van der Waals surface area contributed by atoms with Gasteiger partial charge in [-0.25, -0.2) is 9.97 Å². The van der Waals surface area contributed by atoms with E-state index in [-0.39, 0.29) is 5.91 Å². The molecular formula is C22H21N3OS2. The molecule has 28 heavy (non-hydrogen) atoms. The van der Waals surface area contributed by atoms with E-state index in [0.717, 1.165) is 48.4 Å². The molecule has 0 aliphatic carbocycles. The normalized spacial score (nSPS) is 17.4. The molecule has 2 aromatic heterocycles. The van der Waals surface area contributed by atoms with Crippen LogP contribution in [0.2, 0.25) is 0 Å². The third-order valence-electron chi connectivity index (χ3n) is 5.32. The first-order valence-electron chi connectivity index (χ1n) is 9.74. The van der Waals surface area contributed by atoms with Gasteiger partial charge in [0, 0.05) is 31.8 Å². The average molecular weight is 408 g/mol. The lowest BCUT2D eigenvalue weighted by molar-refractivity contribution is -0.132. The van der Waals surface area contributed by atoms with Gasteiger partial charge in [-0.05, 0) is 37.1 Å². The smallest absolute Gasteiger partial charge is 0.223 e. The minimum Gasteiger partial charge on any atom is -0.342 e. The van der Waals surface area contributed by atoms with Crippen LogP contribution in [0.25, 0.3) is 20.4 Å². The molecule has 3 heterocycles. The number of thiazole rings is 2. The number of piperidine rings is 1. The van der Waals surface area contributed by atoms with Crippen LogP contribution in [0.15, 0.2) is 48.5 Å². The molecule has 6 heteroatoms. The Kier molecular flexibility index (Phi) is 4.82. The minimum atomic E-state index is 0.241. The zero-order chi connectivity index (χ0) is 18.9. The number of carbonyl (C=O) groups is 1. The quantitative estimate of drug-likeness (QED) is 0.464. The predicted molar refractivity (Wildman–Crippen MR) is 116 cm³/mol. The second-order valence-corrected chi connectivity index (χ2v) is 9.45. The molecule has 1 aliphatic heterocycles. The van der Waals surface area contributed by atoms with Gasteiger partial charge in [0.05, 0.1) is 30.4 Å². The number of aryl methyl sites for hydroxylation is 1. The maximum atomic E-state index is 12.8. The Labute approximate surface area is 171 Å². The highest BCUT2D eigenvalue weighted by Crippen LogP contribution is 2.33. The maximum absolute atomic E-state index is 12.8. The molecule has 5 rings (SSSR count). The highest BCUT2D eigenvalue weighted by atomic mass is 32.1. The predicted octanol–water partition coefficient (Wildman–Crippen LogP) is 5.24. The number of carbonyl (C=O) groups excluding carboxylic acids is 1. The third-order valence-corrected chi connectivity index (χ3v) is 7.62. The van der Waals surface area contributed by atoms with E-state index >= 15 is 0 Å². The number of benzene rings is 2. The summed E-state index contributed by atoms with van der Waals surface area (Å²) in [7, 11) is 0. The first-order chi connectivity index (χ1) is 13.8. The fraction of sp³-hybridized carbons (Fsp3) is 0.318. The Balaban J connectivity index is 1.24. The number of amides is 1. The number of fused-ring (bicyclic) bond motifs is 2. The standard InChI is InChI=1S/C22H21N3OS2/c26-21(12-11-20-23-16-7-1-3-9-18(16)27-20)25-13-5-6-15(14-25)22-24-17-8-2-4-10-19(17)28-22/h1-4,7-10,15H,5-6,11-14H2/t15-/m1/s1. The van der Waals surface area contributed by atoms with Gasteiger partial charge in [0.15, 0.2) is 0 Å². The van der Waals surface area contributed by atoms with Gasteiger partial charge in [0.1, 0.15) is 0 Å². The van der Waals surface area contributed by atoms with Gasteiger partial charge < -0.3 is 4.90 Å². The van der Waals surface area contributed by atoms with Crippen molar-refractivity contribution in [2.75, 3.05) is 13.1 Å². The lowest BCUT2D eigenvalue weighted by Crippen LogP contribution is -2.39. The van der Waals surface area contributed by atoms with Gasteiger partial charge in [-0.3, -0.25) is 4.79 Å². The molecule has 1 amide bonds. The summed E-state index contributed by atoms with van der Waals surface area (Å²) in [4.78, 5) is 24.3. The van der Waals surface area contributed by atoms with Crippen molar-refractivity contribution in [2.24, 2.45) is 0 Å². The van der Waals surface area contributed by atoms with Crippen molar-refractivity contribution >= 4 is 49.0 Å². The number of aromatic nitrogens is 2. The number of hydrogen-bond acceptors (Lipinski definition) is 5. The SMILES string of the molecule is O=C(CCc1nc2ccccc2s1)N1CCC[C@@H](c2nc3ccccc3s2)C1. The summed E-state index contributed by atoms with van der Waals surface area (Å²) >= 11 is 3.47. The fourth-order valence-corrected chi connectivity index (χ4v) is 5.93. The summed E-state index contributed by atoms with van der Waals surface area (Å²) in [6.45, 7) is 1.65. The van der Waals surface area contributed by atoms with Gasteiger partial charge in [0.25, 0.3) is 0 Å². The number of rotatable bonds is 4. The minimum absolute atomic E-state index is 0.241. The molecule has 1 saturated heterocycles. The summed E-state index contributed by atoms with van der Waals surface area (Å²) in [6.07, 6.45) is 3.42. The van der Waals surface area contributed by atoms with E-state index in [1.54, 1.807) is 22.7 Å². The van der Waals surface area contributed by atoms with Crippen LogP contribution in [0.4, 0.5) is 0 Å². The van der Waals surface area contributed by atoms with Crippen LogP contribution in [-0.4, -0.2) is 33.9 Å². The van der Waals surface area contributed by atoms with Gasteiger partial charge in [-0.2, -0.15) is 0 Å². The fourth-order valence-electron chi connectivity index (χ4n) is 3.87. The number of para-hydroxylation sites is 2. The van der Waals surface area contributed by atoms with E-state index in [2.05, 4.69) is 29.2 Å².